The van der Waals surface area contributed by atoms with Crippen molar-refractivity contribution in [3.8, 4) is 0 Å². The molecule has 1 aromatic carbocycles. The van der Waals surface area contributed by atoms with Gasteiger partial charge in [-0.25, -0.2) is 4.79 Å². The van der Waals surface area contributed by atoms with Crippen LogP contribution in [0, 0.1) is 0 Å². The smallest absolute Gasteiger partial charge is 0.329 e. The number of carbonyl (C=O) groups is 1. The number of benzene rings is 1. The van der Waals surface area contributed by atoms with Gasteiger partial charge in [-0.05, 0) is 38.5 Å². The van der Waals surface area contributed by atoms with Crippen molar-refractivity contribution in [2.75, 3.05) is 0 Å². The van der Waals surface area contributed by atoms with E-state index in [0.717, 1.165) is 16.6 Å². The maximum Gasteiger partial charge on any atom is 0.329 e. The molecule has 1 atom stereocenters. The molecular formula is C14H18N2O3. The maximum atomic E-state index is 12.2. The molecule has 0 spiro atoms. The molecule has 2 aromatic rings. The van der Waals surface area contributed by atoms with Crippen molar-refractivity contribution in [2.45, 2.75) is 39.8 Å². The van der Waals surface area contributed by atoms with E-state index in [4.69, 9.17) is 5.11 Å². The lowest BCUT2D eigenvalue weighted by atomic mass is 10.0. The third kappa shape index (κ3) is 2.05. The summed E-state index contributed by atoms with van der Waals surface area (Å²) in [6, 6.07) is 5.43. The van der Waals surface area contributed by atoms with Crippen LogP contribution >= 0.6 is 0 Å². The predicted molar refractivity (Wildman–Crippen MR) is 73.6 cm³/mol. The highest BCUT2D eigenvalue weighted by Crippen LogP contribution is 2.21. The average molecular weight is 262 g/mol. The fourth-order valence-electron chi connectivity index (χ4n) is 2.36. The monoisotopic (exact) mass is 262 g/mol. The van der Waals surface area contributed by atoms with Crippen LogP contribution in [0.2, 0.25) is 0 Å². The predicted octanol–water partition coefficient (Wildman–Crippen LogP) is 2.03. The Morgan fingerprint density at radius 3 is 2.32 bits per heavy atom. The molecule has 0 fully saturated rings. The van der Waals surface area contributed by atoms with Crippen molar-refractivity contribution in [2.24, 2.45) is 0 Å². The number of imidazole rings is 1. The van der Waals surface area contributed by atoms with Gasteiger partial charge in [0.1, 0.15) is 0 Å². The summed E-state index contributed by atoms with van der Waals surface area (Å²) in [5.41, 5.74) is 2.34. The zero-order valence-corrected chi connectivity index (χ0v) is 11.4. The van der Waals surface area contributed by atoms with Crippen molar-refractivity contribution in [3.63, 3.8) is 0 Å². The first-order valence-electron chi connectivity index (χ1n) is 6.47. The summed E-state index contributed by atoms with van der Waals surface area (Å²) in [5, 5.41) is 9.07. The van der Waals surface area contributed by atoms with Crippen molar-refractivity contribution >= 4 is 17.0 Å². The lowest BCUT2D eigenvalue weighted by Crippen LogP contribution is -2.23. The standard InChI is InChI=1S/C14H18N2O3/c1-4-15-11-7-6-10(9(3)13(17)18)8-12(11)16(5-2)14(15)19/h6-9H,4-5H2,1-3H3,(H,17,18). The molecule has 1 heterocycles. The lowest BCUT2D eigenvalue weighted by Gasteiger charge is -2.07. The van der Waals surface area contributed by atoms with Crippen LogP contribution in [-0.4, -0.2) is 20.2 Å². The van der Waals surface area contributed by atoms with E-state index in [-0.39, 0.29) is 5.69 Å². The Bertz CT molecular complexity index is 682. The summed E-state index contributed by atoms with van der Waals surface area (Å²) in [4.78, 5) is 23.2. The minimum atomic E-state index is -0.861. The highest BCUT2D eigenvalue weighted by atomic mass is 16.4. The van der Waals surface area contributed by atoms with Gasteiger partial charge in [0.2, 0.25) is 0 Å². The first-order valence-corrected chi connectivity index (χ1v) is 6.47. The van der Waals surface area contributed by atoms with Gasteiger partial charge < -0.3 is 5.11 Å². The zero-order chi connectivity index (χ0) is 14.2. The first kappa shape index (κ1) is 13.4. The van der Waals surface area contributed by atoms with Gasteiger partial charge in [-0.15, -0.1) is 0 Å². The molecule has 0 aliphatic heterocycles. The molecule has 1 unspecified atom stereocenters. The van der Waals surface area contributed by atoms with Crippen LogP contribution in [0.5, 0.6) is 0 Å². The highest BCUT2D eigenvalue weighted by Gasteiger charge is 2.17. The van der Waals surface area contributed by atoms with Crippen LogP contribution in [0.3, 0.4) is 0 Å². The van der Waals surface area contributed by atoms with E-state index in [1.54, 1.807) is 22.1 Å². The number of aromatic nitrogens is 2. The molecular weight excluding hydrogens is 244 g/mol. The number of aryl methyl sites for hydroxylation is 2. The number of carboxylic acid groups (broad SMARTS) is 1. The zero-order valence-electron chi connectivity index (χ0n) is 11.4. The van der Waals surface area contributed by atoms with Crippen molar-refractivity contribution in [3.05, 3.63) is 34.2 Å². The second kappa shape index (κ2) is 4.91. The summed E-state index contributed by atoms with van der Waals surface area (Å²) in [5.74, 6) is -1.44. The van der Waals surface area contributed by atoms with Gasteiger partial charge in [0.05, 0.1) is 17.0 Å². The normalized spacial score (nSPS) is 12.8. The van der Waals surface area contributed by atoms with Gasteiger partial charge >= 0.3 is 11.7 Å². The van der Waals surface area contributed by atoms with E-state index in [1.807, 2.05) is 26.0 Å². The summed E-state index contributed by atoms with van der Waals surface area (Å²) in [7, 11) is 0. The summed E-state index contributed by atoms with van der Waals surface area (Å²) in [6.45, 7) is 6.67. The average Bonchev–Trinajstić information content (AvgIpc) is 2.67. The Balaban J connectivity index is 2.72. The molecule has 102 valence electrons. The fourth-order valence-corrected chi connectivity index (χ4v) is 2.36. The molecule has 0 amide bonds. The molecule has 1 aromatic heterocycles. The van der Waals surface area contributed by atoms with Gasteiger partial charge in [-0.1, -0.05) is 6.07 Å². The lowest BCUT2D eigenvalue weighted by molar-refractivity contribution is -0.138. The Morgan fingerprint density at radius 2 is 1.79 bits per heavy atom. The number of rotatable bonds is 4. The number of fused-ring (bicyclic) bond motifs is 1. The minimum Gasteiger partial charge on any atom is -0.481 e. The Labute approximate surface area is 111 Å². The summed E-state index contributed by atoms with van der Waals surface area (Å²) < 4.78 is 3.38. The van der Waals surface area contributed by atoms with Gasteiger partial charge in [0.25, 0.3) is 0 Å². The van der Waals surface area contributed by atoms with E-state index in [9.17, 15) is 9.59 Å². The third-order valence-electron chi connectivity index (χ3n) is 3.55. The molecule has 0 saturated heterocycles. The fraction of sp³-hybridized carbons (Fsp3) is 0.429. The molecule has 0 aliphatic carbocycles. The second-order valence-corrected chi connectivity index (χ2v) is 4.58. The third-order valence-corrected chi connectivity index (χ3v) is 3.55. The van der Waals surface area contributed by atoms with Crippen LogP contribution in [0.1, 0.15) is 32.3 Å². The largest absolute Gasteiger partial charge is 0.481 e. The van der Waals surface area contributed by atoms with E-state index in [0.29, 0.717) is 13.1 Å². The highest BCUT2D eigenvalue weighted by molar-refractivity contribution is 5.81. The number of hydrogen-bond acceptors (Lipinski definition) is 2. The molecule has 1 N–H and O–H groups in total. The number of nitrogens with zero attached hydrogens (tertiary/aromatic N) is 2. The van der Waals surface area contributed by atoms with Gasteiger partial charge in [-0.3, -0.25) is 13.9 Å². The Kier molecular flexibility index (Phi) is 3.46. The minimum absolute atomic E-state index is 0.0415. The summed E-state index contributed by atoms with van der Waals surface area (Å²) in [6.07, 6.45) is 0. The molecule has 0 aliphatic rings. The quantitative estimate of drug-likeness (QED) is 0.917. The van der Waals surface area contributed by atoms with Crippen molar-refractivity contribution in [1.29, 1.82) is 0 Å². The van der Waals surface area contributed by atoms with E-state index in [2.05, 4.69) is 0 Å². The van der Waals surface area contributed by atoms with Gasteiger partial charge in [0, 0.05) is 13.1 Å². The molecule has 0 saturated carbocycles. The molecule has 2 rings (SSSR count). The molecule has 0 radical (unpaired) electrons. The number of aliphatic carboxylic acids is 1. The number of carboxylic acids is 1. The molecule has 5 nitrogen and oxygen atoms in total. The number of hydrogen-bond donors (Lipinski definition) is 1. The second-order valence-electron chi connectivity index (χ2n) is 4.58. The Hall–Kier alpha value is -2.04. The van der Waals surface area contributed by atoms with E-state index >= 15 is 0 Å². The van der Waals surface area contributed by atoms with Crippen LogP contribution < -0.4 is 5.69 Å². The van der Waals surface area contributed by atoms with Crippen LogP contribution in [0.15, 0.2) is 23.0 Å². The topological polar surface area (TPSA) is 64.2 Å². The van der Waals surface area contributed by atoms with Crippen LogP contribution in [0.4, 0.5) is 0 Å². The van der Waals surface area contributed by atoms with E-state index in [1.165, 1.54) is 0 Å². The summed E-state index contributed by atoms with van der Waals surface area (Å²) >= 11 is 0. The van der Waals surface area contributed by atoms with Crippen LogP contribution in [0.25, 0.3) is 11.0 Å². The van der Waals surface area contributed by atoms with Crippen LogP contribution in [-0.2, 0) is 17.9 Å². The van der Waals surface area contributed by atoms with Crippen molar-refractivity contribution in [1.82, 2.24) is 9.13 Å². The molecule has 5 heteroatoms. The molecule has 19 heavy (non-hydrogen) atoms. The SMILES string of the molecule is CCn1c(=O)n(CC)c2cc(C(C)C(=O)O)ccc21. The molecule has 0 bridgehead atoms. The van der Waals surface area contributed by atoms with Gasteiger partial charge in [0.15, 0.2) is 0 Å². The van der Waals surface area contributed by atoms with E-state index < -0.39 is 11.9 Å². The Morgan fingerprint density at radius 1 is 1.21 bits per heavy atom. The van der Waals surface area contributed by atoms with Gasteiger partial charge in [-0.2, -0.15) is 0 Å². The maximum absolute atomic E-state index is 12.2. The first-order chi connectivity index (χ1) is 9.01. The van der Waals surface area contributed by atoms with Crippen molar-refractivity contribution < 1.29 is 9.90 Å².